The predicted molar refractivity (Wildman–Crippen MR) is 63.7 cm³/mol. The molecule has 7 nitrogen and oxygen atoms in total. The molecule has 0 aliphatic carbocycles. The van der Waals surface area contributed by atoms with E-state index in [9.17, 15) is 5.26 Å². The highest BCUT2D eigenvalue weighted by Crippen LogP contribution is 2.25. The highest BCUT2D eigenvalue weighted by Gasteiger charge is 2.24. The zero-order valence-corrected chi connectivity index (χ0v) is 10.3. The number of anilines is 1. The molecule has 0 unspecified atom stereocenters. The fourth-order valence-electron chi connectivity index (χ4n) is 2.39. The summed E-state index contributed by atoms with van der Waals surface area (Å²) in [5.41, 5.74) is 1.41. The van der Waals surface area contributed by atoms with Crippen molar-refractivity contribution in [2.75, 3.05) is 11.4 Å². The van der Waals surface area contributed by atoms with E-state index in [0.717, 1.165) is 30.4 Å². The molecule has 3 rings (SSSR count). The van der Waals surface area contributed by atoms with Crippen LogP contribution in [0.3, 0.4) is 0 Å². The Morgan fingerprint density at radius 1 is 1.39 bits per heavy atom. The first-order chi connectivity index (χ1) is 8.70. The van der Waals surface area contributed by atoms with E-state index in [2.05, 4.69) is 26.3 Å². The molecule has 3 heterocycles. The van der Waals surface area contributed by atoms with Gasteiger partial charge in [-0.05, 0) is 6.92 Å². The fourth-order valence-corrected chi connectivity index (χ4v) is 2.39. The number of nitriles is 1. The van der Waals surface area contributed by atoms with Gasteiger partial charge in [-0.15, -0.1) is 10.2 Å². The van der Waals surface area contributed by atoms with Crippen molar-refractivity contribution in [2.45, 2.75) is 20.0 Å². The average molecular weight is 243 g/mol. The van der Waals surface area contributed by atoms with Crippen LogP contribution >= 0.6 is 0 Å². The number of aromatic nitrogens is 5. The molecule has 18 heavy (non-hydrogen) atoms. The lowest BCUT2D eigenvalue weighted by Crippen LogP contribution is -2.35. The second-order valence-corrected chi connectivity index (χ2v) is 4.38. The Morgan fingerprint density at radius 3 is 3.00 bits per heavy atom. The smallest absolute Gasteiger partial charge is 0.152 e. The van der Waals surface area contributed by atoms with E-state index in [4.69, 9.17) is 0 Å². The molecule has 0 radical (unpaired) electrons. The van der Waals surface area contributed by atoms with E-state index in [0.29, 0.717) is 12.1 Å². The summed E-state index contributed by atoms with van der Waals surface area (Å²) < 4.78 is 3.80. The largest absolute Gasteiger partial charge is 0.346 e. The van der Waals surface area contributed by atoms with Crippen LogP contribution in [0.2, 0.25) is 0 Å². The lowest BCUT2D eigenvalue weighted by molar-refractivity contribution is 0.545. The van der Waals surface area contributed by atoms with Crippen LogP contribution in [0, 0.1) is 18.3 Å². The highest BCUT2D eigenvalue weighted by molar-refractivity contribution is 5.57. The summed E-state index contributed by atoms with van der Waals surface area (Å²) >= 11 is 0. The summed E-state index contributed by atoms with van der Waals surface area (Å²) in [6.45, 7) is 4.18. The van der Waals surface area contributed by atoms with Crippen LogP contribution in [0.1, 0.15) is 17.1 Å². The van der Waals surface area contributed by atoms with Gasteiger partial charge in [-0.25, -0.2) is 0 Å². The monoisotopic (exact) mass is 243 g/mol. The van der Waals surface area contributed by atoms with Crippen molar-refractivity contribution in [3.63, 3.8) is 0 Å². The molecule has 0 atom stereocenters. The second-order valence-electron chi connectivity index (χ2n) is 4.38. The normalized spacial score (nSPS) is 14.4. The van der Waals surface area contributed by atoms with E-state index in [1.807, 2.05) is 18.5 Å². The van der Waals surface area contributed by atoms with Crippen molar-refractivity contribution in [3.8, 4) is 6.07 Å². The molecule has 0 saturated carbocycles. The summed E-state index contributed by atoms with van der Waals surface area (Å²) in [5.74, 6) is 1.79. The van der Waals surface area contributed by atoms with Crippen molar-refractivity contribution in [3.05, 3.63) is 23.4 Å². The number of fused-ring (bicyclic) bond motifs is 1. The van der Waals surface area contributed by atoms with E-state index >= 15 is 0 Å². The predicted octanol–water partition coefficient (Wildman–Crippen LogP) is 0.212. The zero-order valence-electron chi connectivity index (χ0n) is 10.3. The Labute approximate surface area is 104 Å². The van der Waals surface area contributed by atoms with E-state index in [1.54, 1.807) is 11.0 Å². The topological polar surface area (TPSA) is 75.6 Å². The van der Waals surface area contributed by atoms with Gasteiger partial charge in [-0.1, -0.05) is 0 Å². The Hall–Kier alpha value is -2.36. The zero-order chi connectivity index (χ0) is 12.7. The van der Waals surface area contributed by atoms with Gasteiger partial charge in [0.25, 0.3) is 0 Å². The quantitative estimate of drug-likeness (QED) is 0.715. The summed E-state index contributed by atoms with van der Waals surface area (Å²) in [5, 5.41) is 21.5. The molecular weight excluding hydrogens is 230 g/mol. The highest BCUT2D eigenvalue weighted by atomic mass is 15.4. The number of hydrogen-bond donors (Lipinski definition) is 0. The van der Waals surface area contributed by atoms with Crippen molar-refractivity contribution in [1.82, 2.24) is 24.5 Å². The van der Waals surface area contributed by atoms with Gasteiger partial charge in [0.1, 0.15) is 23.8 Å². The van der Waals surface area contributed by atoms with Gasteiger partial charge in [0, 0.05) is 20.1 Å². The van der Waals surface area contributed by atoms with Crippen molar-refractivity contribution in [2.24, 2.45) is 7.05 Å². The van der Waals surface area contributed by atoms with Gasteiger partial charge in [-0.3, -0.25) is 4.68 Å². The maximum Gasteiger partial charge on any atom is 0.152 e. The van der Waals surface area contributed by atoms with E-state index in [1.165, 1.54) is 0 Å². The summed E-state index contributed by atoms with van der Waals surface area (Å²) in [4.78, 5) is 2.13. The number of rotatable bonds is 1. The number of aryl methyl sites for hydroxylation is 2. The van der Waals surface area contributed by atoms with Crippen LogP contribution in [0.25, 0.3) is 0 Å². The van der Waals surface area contributed by atoms with Gasteiger partial charge in [0.05, 0.1) is 12.2 Å². The third-order valence-electron chi connectivity index (χ3n) is 3.24. The Morgan fingerprint density at radius 2 is 2.22 bits per heavy atom. The van der Waals surface area contributed by atoms with Crippen molar-refractivity contribution >= 4 is 5.82 Å². The number of hydrogen-bond acceptors (Lipinski definition) is 5. The fraction of sp³-hybridized carbons (Fsp3) is 0.455. The maximum absolute atomic E-state index is 9.24. The van der Waals surface area contributed by atoms with Gasteiger partial charge < -0.3 is 9.47 Å². The SMILES string of the molecule is Cc1nn(C)c(N2CCn3cnnc3C2)c1C#N. The third kappa shape index (κ3) is 1.46. The molecule has 0 N–H and O–H groups in total. The molecule has 0 fully saturated rings. The molecule has 1 aliphatic rings. The molecule has 1 aliphatic heterocycles. The van der Waals surface area contributed by atoms with Crippen LogP contribution in [0.4, 0.5) is 5.82 Å². The van der Waals surface area contributed by atoms with Crippen LogP contribution in [-0.2, 0) is 20.1 Å². The van der Waals surface area contributed by atoms with Crippen LogP contribution in [-0.4, -0.2) is 31.1 Å². The molecule has 92 valence electrons. The maximum atomic E-state index is 9.24. The molecule has 0 bridgehead atoms. The molecule has 2 aromatic heterocycles. The van der Waals surface area contributed by atoms with Gasteiger partial charge in [0.2, 0.25) is 0 Å². The summed E-state index contributed by atoms with van der Waals surface area (Å²) in [7, 11) is 1.86. The second kappa shape index (κ2) is 3.84. The number of nitrogens with zero attached hydrogens (tertiary/aromatic N) is 7. The molecule has 0 saturated heterocycles. The Bertz CT molecular complexity index is 630. The van der Waals surface area contributed by atoms with Gasteiger partial charge in [-0.2, -0.15) is 10.4 Å². The molecular formula is C11H13N7. The lowest BCUT2D eigenvalue weighted by atomic mass is 10.2. The third-order valence-corrected chi connectivity index (χ3v) is 3.24. The molecule has 0 amide bonds. The van der Waals surface area contributed by atoms with Crippen LogP contribution in [0.5, 0.6) is 0 Å². The van der Waals surface area contributed by atoms with E-state index in [-0.39, 0.29) is 0 Å². The minimum absolute atomic E-state index is 0.644. The minimum Gasteiger partial charge on any atom is -0.346 e. The summed E-state index contributed by atoms with van der Waals surface area (Å²) in [6, 6.07) is 2.23. The van der Waals surface area contributed by atoms with Crippen molar-refractivity contribution < 1.29 is 0 Å². The molecule has 0 aromatic carbocycles. The molecule has 2 aromatic rings. The van der Waals surface area contributed by atoms with Gasteiger partial charge >= 0.3 is 0 Å². The Balaban J connectivity index is 2.01. The minimum atomic E-state index is 0.644. The standard InChI is InChI=1S/C11H13N7/c1-8-9(5-12)11(16(2)15-8)17-3-4-18-7-13-14-10(18)6-17/h7H,3-4,6H2,1-2H3. The first kappa shape index (κ1) is 10.8. The van der Waals surface area contributed by atoms with Crippen molar-refractivity contribution in [1.29, 1.82) is 5.26 Å². The Kier molecular flexibility index (Phi) is 2.30. The first-order valence-corrected chi connectivity index (χ1v) is 5.76. The van der Waals surface area contributed by atoms with Crippen LogP contribution < -0.4 is 4.90 Å². The summed E-state index contributed by atoms with van der Waals surface area (Å²) in [6.07, 6.45) is 1.74. The average Bonchev–Trinajstić information content (AvgIpc) is 2.91. The lowest BCUT2D eigenvalue weighted by Gasteiger charge is -2.28. The van der Waals surface area contributed by atoms with Crippen LogP contribution in [0.15, 0.2) is 6.33 Å². The van der Waals surface area contributed by atoms with Gasteiger partial charge in [0.15, 0.2) is 5.82 Å². The molecule has 0 spiro atoms. The molecule has 7 heteroatoms. The first-order valence-electron chi connectivity index (χ1n) is 5.76. The van der Waals surface area contributed by atoms with E-state index < -0.39 is 0 Å².